The molecule has 1 atom stereocenters. The van der Waals surface area contributed by atoms with Crippen molar-refractivity contribution in [2.45, 2.75) is 18.9 Å². The van der Waals surface area contributed by atoms with Crippen molar-refractivity contribution in [3.63, 3.8) is 0 Å². The third-order valence-corrected chi connectivity index (χ3v) is 3.35. The molecule has 1 heterocycles. The predicted molar refractivity (Wildman–Crippen MR) is 64.1 cm³/mol. The largest absolute Gasteiger partial charge is 0.341 e. The van der Waals surface area contributed by atoms with E-state index in [0.717, 1.165) is 25.6 Å². The van der Waals surface area contributed by atoms with E-state index in [4.69, 9.17) is 0 Å². The van der Waals surface area contributed by atoms with E-state index in [1.54, 1.807) is 11.9 Å². The molecule has 1 aromatic carbocycles. The summed E-state index contributed by atoms with van der Waals surface area (Å²) in [6.45, 7) is 1.64. The number of hydrogen-bond acceptors (Lipinski definition) is 2. The smallest absolute Gasteiger partial charge is 0.227 e. The Labute approximate surface area is 105 Å². The second kappa shape index (κ2) is 5.44. The van der Waals surface area contributed by atoms with Crippen LogP contribution in [0.3, 0.4) is 0 Å². The Balaban J connectivity index is 2.04. The van der Waals surface area contributed by atoms with Crippen LogP contribution in [-0.2, 0) is 11.2 Å². The Morgan fingerprint density at radius 1 is 1.50 bits per heavy atom. The van der Waals surface area contributed by atoms with Crippen LogP contribution in [0.4, 0.5) is 8.78 Å². The number of likely N-dealkylation sites (N-methyl/N-ethyl adjacent to an activating group) is 1. The SMILES string of the molecule is CN(C(=O)Cc1cccc(F)c1F)C1CCNC1. The zero-order chi connectivity index (χ0) is 13.1. The molecule has 3 nitrogen and oxygen atoms in total. The minimum atomic E-state index is -0.927. The first-order valence-corrected chi connectivity index (χ1v) is 5.99. The van der Waals surface area contributed by atoms with Gasteiger partial charge in [0.25, 0.3) is 0 Å². The predicted octanol–water partition coefficient (Wildman–Crippen LogP) is 1.33. The maximum Gasteiger partial charge on any atom is 0.227 e. The van der Waals surface area contributed by atoms with E-state index in [0.29, 0.717) is 0 Å². The highest BCUT2D eigenvalue weighted by molar-refractivity contribution is 5.79. The van der Waals surface area contributed by atoms with E-state index in [2.05, 4.69) is 5.32 Å². The van der Waals surface area contributed by atoms with Crippen molar-refractivity contribution in [3.8, 4) is 0 Å². The summed E-state index contributed by atoms with van der Waals surface area (Å²) in [6, 6.07) is 4.05. The van der Waals surface area contributed by atoms with Crippen molar-refractivity contribution in [2.24, 2.45) is 0 Å². The summed E-state index contributed by atoms with van der Waals surface area (Å²) in [5, 5.41) is 3.16. The summed E-state index contributed by atoms with van der Waals surface area (Å²) in [4.78, 5) is 13.6. The molecule has 0 spiro atoms. The fourth-order valence-corrected chi connectivity index (χ4v) is 2.15. The maximum atomic E-state index is 13.4. The topological polar surface area (TPSA) is 32.3 Å². The molecule has 1 unspecified atom stereocenters. The van der Waals surface area contributed by atoms with Gasteiger partial charge in [-0.25, -0.2) is 8.78 Å². The second-order valence-corrected chi connectivity index (χ2v) is 4.54. The van der Waals surface area contributed by atoms with Crippen LogP contribution in [0.2, 0.25) is 0 Å². The van der Waals surface area contributed by atoms with Gasteiger partial charge in [0.2, 0.25) is 5.91 Å². The zero-order valence-electron chi connectivity index (χ0n) is 10.2. The lowest BCUT2D eigenvalue weighted by Gasteiger charge is -2.23. The Kier molecular flexibility index (Phi) is 3.91. The van der Waals surface area contributed by atoms with Crippen LogP contribution in [-0.4, -0.2) is 37.0 Å². The molecule has 5 heteroatoms. The summed E-state index contributed by atoms with van der Waals surface area (Å²) < 4.78 is 26.5. The van der Waals surface area contributed by atoms with Crippen LogP contribution in [0.25, 0.3) is 0 Å². The third kappa shape index (κ3) is 2.67. The normalized spacial score (nSPS) is 18.9. The molecule has 1 aliphatic heterocycles. The average molecular weight is 254 g/mol. The van der Waals surface area contributed by atoms with E-state index in [1.807, 2.05) is 0 Å². The minimum Gasteiger partial charge on any atom is -0.341 e. The number of benzene rings is 1. The third-order valence-electron chi connectivity index (χ3n) is 3.35. The fourth-order valence-electron chi connectivity index (χ4n) is 2.15. The fraction of sp³-hybridized carbons (Fsp3) is 0.462. The quantitative estimate of drug-likeness (QED) is 0.882. The van der Waals surface area contributed by atoms with Gasteiger partial charge in [-0.15, -0.1) is 0 Å². The number of carbonyl (C=O) groups excluding carboxylic acids is 1. The van der Waals surface area contributed by atoms with Crippen molar-refractivity contribution < 1.29 is 13.6 Å². The number of nitrogens with one attached hydrogen (secondary N) is 1. The lowest BCUT2D eigenvalue weighted by atomic mass is 10.1. The van der Waals surface area contributed by atoms with Gasteiger partial charge in [0.15, 0.2) is 11.6 Å². The molecule has 1 saturated heterocycles. The van der Waals surface area contributed by atoms with Crippen LogP contribution in [0.5, 0.6) is 0 Å². The number of amides is 1. The molecule has 2 rings (SSSR count). The van der Waals surface area contributed by atoms with E-state index in [-0.39, 0.29) is 23.9 Å². The Bertz CT molecular complexity index is 445. The maximum absolute atomic E-state index is 13.4. The zero-order valence-corrected chi connectivity index (χ0v) is 10.2. The minimum absolute atomic E-state index is 0.101. The van der Waals surface area contributed by atoms with Gasteiger partial charge in [0, 0.05) is 25.2 Å². The highest BCUT2D eigenvalue weighted by Gasteiger charge is 2.24. The van der Waals surface area contributed by atoms with Crippen molar-refractivity contribution in [2.75, 3.05) is 20.1 Å². The first-order valence-electron chi connectivity index (χ1n) is 5.99. The molecule has 98 valence electrons. The average Bonchev–Trinajstić information content (AvgIpc) is 2.87. The number of hydrogen-bond donors (Lipinski definition) is 1. The molecule has 0 bridgehead atoms. The van der Waals surface area contributed by atoms with Gasteiger partial charge in [0.05, 0.1) is 6.42 Å². The molecule has 1 fully saturated rings. The van der Waals surface area contributed by atoms with Crippen LogP contribution in [0, 0.1) is 11.6 Å². The first kappa shape index (κ1) is 13.0. The standard InChI is InChI=1S/C13H16F2N2O/c1-17(10-5-6-16-8-10)12(18)7-9-3-2-4-11(14)13(9)15/h2-4,10,16H,5-8H2,1H3. The summed E-state index contributed by atoms with van der Waals surface area (Å²) >= 11 is 0. The lowest BCUT2D eigenvalue weighted by molar-refractivity contribution is -0.130. The lowest BCUT2D eigenvalue weighted by Crippen LogP contribution is -2.39. The monoisotopic (exact) mass is 254 g/mol. The van der Waals surface area contributed by atoms with Crippen LogP contribution in [0.15, 0.2) is 18.2 Å². The molecule has 18 heavy (non-hydrogen) atoms. The van der Waals surface area contributed by atoms with E-state index >= 15 is 0 Å². The van der Waals surface area contributed by atoms with Crippen LogP contribution in [0.1, 0.15) is 12.0 Å². The van der Waals surface area contributed by atoms with Crippen molar-refractivity contribution in [1.82, 2.24) is 10.2 Å². The van der Waals surface area contributed by atoms with E-state index in [1.165, 1.54) is 12.1 Å². The number of rotatable bonds is 3. The molecule has 0 saturated carbocycles. The molecule has 0 aliphatic carbocycles. The van der Waals surface area contributed by atoms with Crippen LogP contribution >= 0.6 is 0 Å². The summed E-state index contributed by atoms with van der Waals surface area (Å²) in [7, 11) is 1.71. The van der Waals surface area contributed by atoms with Gasteiger partial charge in [0.1, 0.15) is 0 Å². The Hall–Kier alpha value is -1.49. The van der Waals surface area contributed by atoms with E-state index < -0.39 is 11.6 Å². The number of carbonyl (C=O) groups is 1. The highest BCUT2D eigenvalue weighted by atomic mass is 19.2. The Morgan fingerprint density at radius 3 is 2.94 bits per heavy atom. The summed E-state index contributed by atoms with van der Waals surface area (Å²) in [6.07, 6.45) is 0.796. The molecular weight excluding hydrogens is 238 g/mol. The van der Waals surface area contributed by atoms with Gasteiger partial charge in [-0.3, -0.25) is 4.79 Å². The Morgan fingerprint density at radius 2 is 2.28 bits per heavy atom. The molecule has 0 radical (unpaired) electrons. The van der Waals surface area contributed by atoms with Gasteiger partial charge < -0.3 is 10.2 Å². The van der Waals surface area contributed by atoms with Crippen molar-refractivity contribution >= 4 is 5.91 Å². The molecule has 1 aromatic rings. The second-order valence-electron chi connectivity index (χ2n) is 4.54. The van der Waals surface area contributed by atoms with Gasteiger partial charge in [-0.05, 0) is 19.0 Å². The first-order chi connectivity index (χ1) is 8.59. The molecule has 1 amide bonds. The number of nitrogens with zero attached hydrogens (tertiary/aromatic N) is 1. The van der Waals surface area contributed by atoms with E-state index in [9.17, 15) is 13.6 Å². The number of halogens is 2. The van der Waals surface area contributed by atoms with Crippen molar-refractivity contribution in [1.29, 1.82) is 0 Å². The van der Waals surface area contributed by atoms with Gasteiger partial charge >= 0.3 is 0 Å². The summed E-state index contributed by atoms with van der Waals surface area (Å²) in [5.41, 5.74) is 0.109. The summed E-state index contributed by atoms with van der Waals surface area (Å²) in [5.74, 6) is -2.03. The molecular formula is C13H16F2N2O. The highest BCUT2D eigenvalue weighted by Crippen LogP contribution is 2.14. The van der Waals surface area contributed by atoms with Crippen LogP contribution < -0.4 is 5.32 Å². The molecule has 1 aliphatic rings. The van der Waals surface area contributed by atoms with Gasteiger partial charge in [-0.2, -0.15) is 0 Å². The molecule has 0 aromatic heterocycles. The van der Waals surface area contributed by atoms with Crippen molar-refractivity contribution in [3.05, 3.63) is 35.4 Å². The van der Waals surface area contributed by atoms with Gasteiger partial charge in [-0.1, -0.05) is 12.1 Å². The molecule has 1 N–H and O–H groups in total.